The molecule has 0 aliphatic heterocycles. The van der Waals surface area contributed by atoms with Crippen LogP contribution in [0.15, 0.2) is 35.6 Å². The largest absolute Gasteiger partial charge is 0.383 e. The number of carbonyl (C=O) groups is 1. The lowest BCUT2D eigenvalue weighted by Gasteiger charge is -2.06. The third-order valence-electron chi connectivity index (χ3n) is 3.79. The average Bonchev–Trinajstić information content (AvgIpc) is 3.00. The molecule has 0 aliphatic carbocycles. The molecule has 0 atom stereocenters. The molecular weight excluding hydrogens is 351 g/mol. The minimum atomic E-state index is -0.509. The van der Waals surface area contributed by atoms with Crippen LogP contribution in [0, 0.1) is 19.7 Å². The Kier molecular flexibility index (Phi) is 5.15. The highest BCUT2D eigenvalue weighted by Gasteiger charge is 2.17. The molecule has 27 heavy (non-hydrogen) atoms. The summed E-state index contributed by atoms with van der Waals surface area (Å²) in [6.07, 6.45) is 3.02. The van der Waals surface area contributed by atoms with Gasteiger partial charge in [0.05, 0.1) is 18.5 Å². The fraction of sp³-hybridized carbons (Fsp3) is 0.176. The molecule has 0 fully saturated rings. The van der Waals surface area contributed by atoms with Crippen molar-refractivity contribution in [1.29, 1.82) is 0 Å². The predicted octanol–water partition coefficient (Wildman–Crippen LogP) is 1.22. The first-order chi connectivity index (χ1) is 12.9. The Labute approximate surface area is 154 Å². The minimum absolute atomic E-state index is 0.137. The molecule has 10 heteroatoms. The molecule has 0 aliphatic rings. The minimum Gasteiger partial charge on any atom is -0.383 e. The van der Waals surface area contributed by atoms with E-state index in [2.05, 4.69) is 30.8 Å². The topological polar surface area (TPSA) is 124 Å². The monoisotopic (exact) mass is 368 g/mol. The van der Waals surface area contributed by atoms with Crippen molar-refractivity contribution in [1.82, 2.24) is 30.4 Å². The summed E-state index contributed by atoms with van der Waals surface area (Å²) in [5, 5.41) is 11.7. The molecular formula is C17H17FN8O. The number of rotatable bonds is 5. The van der Waals surface area contributed by atoms with E-state index >= 15 is 0 Å². The Morgan fingerprint density at radius 3 is 2.78 bits per heavy atom. The van der Waals surface area contributed by atoms with Gasteiger partial charge in [0.1, 0.15) is 17.5 Å². The number of hydrazone groups is 1. The van der Waals surface area contributed by atoms with Crippen molar-refractivity contribution in [2.75, 3.05) is 5.73 Å². The van der Waals surface area contributed by atoms with Crippen molar-refractivity contribution < 1.29 is 9.18 Å². The average molecular weight is 368 g/mol. The Morgan fingerprint density at radius 1 is 1.33 bits per heavy atom. The number of carbonyl (C=O) groups excluding carboxylic acids is 1. The van der Waals surface area contributed by atoms with E-state index in [0.717, 1.165) is 0 Å². The molecule has 9 nitrogen and oxygen atoms in total. The molecule has 3 rings (SSSR count). The summed E-state index contributed by atoms with van der Waals surface area (Å²) >= 11 is 0. The summed E-state index contributed by atoms with van der Waals surface area (Å²) in [5.41, 5.74) is 10.3. The number of halogens is 1. The number of amides is 1. The zero-order chi connectivity index (χ0) is 19.4. The van der Waals surface area contributed by atoms with Crippen LogP contribution in [0.1, 0.15) is 33.1 Å². The van der Waals surface area contributed by atoms with E-state index in [1.165, 1.54) is 23.0 Å². The highest BCUT2D eigenvalue weighted by Crippen LogP contribution is 2.12. The number of nitrogen functional groups attached to an aromatic ring is 1. The van der Waals surface area contributed by atoms with Crippen molar-refractivity contribution in [3.63, 3.8) is 0 Å². The number of benzene rings is 1. The lowest BCUT2D eigenvalue weighted by atomic mass is 10.2. The first kappa shape index (κ1) is 18.1. The Hall–Kier alpha value is -3.69. The number of hydrogen-bond donors (Lipinski definition) is 2. The van der Waals surface area contributed by atoms with Gasteiger partial charge in [-0.3, -0.25) is 4.79 Å². The smallest absolute Gasteiger partial charge is 0.293 e. The van der Waals surface area contributed by atoms with Crippen molar-refractivity contribution in [2.45, 2.75) is 20.4 Å². The zero-order valence-electron chi connectivity index (χ0n) is 14.7. The highest BCUT2D eigenvalue weighted by molar-refractivity contribution is 5.93. The van der Waals surface area contributed by atoms with Crippen molar-refractivity contribution in [3.8, 4) is 0 Å². The van der Waals surface area contributed by atoms with E-state index in [1.54, 1.807) is 32.2 Å². The number of hydrogen-bond acceptors (Lipinski definition) is 7. The Balaban J connectivity index is 1.68. The van der Waals surface area contributed by atoms with Crippen LogP contribution in [0.25, 0.3) is 0 Å². The molecule has 138 valence electrons. The van der Waals surface area contributed by atoms with Crippen molar-refractivity contribution >= 4 is 17.9 Å². The number of aryl methyl sites for hydroxylation is 1. The normalized spacial score (nSPS) is 11.1. The van der Waals surface area contributed by atoms with Gasteiger partial charge in [-0.25, -0.2) is 24.5 Å². The number of nitrogens with one attached hydrogen (secondary N) is 1. The van der Waals surface area contributed by atoms with Crippen molar-refractivity contribution in [3.05, 3.63) is 64.6 Å². The van der Waals surface area contributed by atoms with Gasteiger partial charge >= 0.3 is 0 Å². The second-order valence-electron chi connectivity index (χ2n) is 5.76. The van der Waals surface area contributed by atoms with Crippen LogP contribution in [0.2, 0.25) is 0 Å². The summed E-state index contributed by atoms with van der Waals surface area (Å²) in [6.45, 7) is 3.75. The predicted molar refractivity (Wildman–Crippen MR) is 96.5 cm³/mol. The van der Waals surface area contributed by atoms with Crippen LogP contribution in [0.3, 0.4) is 0 Å². The van der Waals surface area contributed by atoms with E-state index in [1.807, 2.05) is 0 Å². The zero-order valence-corrected chi connectivity index (χ0v) is 14.7. The molecule has 0 radical (unpaired) electrons. The van der Waals surface area contributed by atoms with Gasteiger partial charge in [0.2, 0.25) is 0 Å². The molecule has 0 bridgehead atoms. The van der Waals surface area contributed by atoms with Gasteiger partial charge in [-0.05, 0) is 31.5 Å². The van der Waals surface area contributed by atoms with Crippen LogP contribution in [0.5, 0.6) is 0 Å². The molecule has 2 aromatic heterocycles. The molecule has 3 aromatic rings. The number of aromatic nitrogens is 5. The maximum absolute atomic E-state index is 12.9. The van der Waals surface area contributed by atoms with Gasteiger partial charge in [-0.2, -0.15) is 5.10 Å². The summed E-state index contributed by atoms with van der Waals surface area (Å²) in [4.78, 5) is 20.4. The molecule has 0 spiro atoms. The van der Waals surface area contributed by atoms with E-state index < -0.39 is 5.91 Å². The van der Waals surface area contributed by atoms with Crippen LogP contribution in [0.4, 0.5) is 10.2 Å². The molecule has 2 heterocycles. The Morgan fingerprint density at radius 2 is 2.07 bits per heavy atom. The second-order valence-corrected chi connectivity index (χ2v) is 5.76. The summed E-state index contributed by atoms with van der Waals surface area (Å²) in [5.74, 6) is 0.0752. The third-order valence-corrected chi connectivity index (χ3v) is 3.79. The standard InChI is InChI=1S/C17H17FN8O/c1-10-15(17(27)24-21-7-12-3-5-14(18)6-4-12)23-25-26(10)9-13-8-20-11(2)22-16(13)19/h3-8H,9H2,1-2H3,(H,24,27)(H2,19,20,22)/b21-7+. The first-order valence-electron chi connectivity index (χ1n) is 8.01. The maximum atomic E-state index is 12.9. The van der Waals surface area contributed by atoms with Gasteiger partial charge in [0.15, 0.2) is 5.69 Å². The number of nitrogens with two attached hydrogens (primary N) is 1. The molecule has 0 unspecified atom stereocenters. The second kappa shape index (κ2) is 7.68. The molecule has 3 N–H and O–H groups in total. The Bertz CT molecular complexity index is 997. The SMILES string of the molecule is Cc1ncc(Cn2nnc(C(=O)N/N=C/c3ccc(F)cc3)c2C)c(N)n1. The van der Waals surface area contributed by atoms with Crippen molar-refractivity contribution in [2.24, 2.45) is 5.10 Å². The summed E-state index contributed by atoms with van der Waals surface area (Å²) < 4.78 is 14.4. The first-order valence-corrected chi connectivity index (χ1v) is 8.01. The number of anilines is 1. The van der Waals surface area contributed by atoms with E-state index in [4.69, 9.17) is 5.73 Å². The lowest BCUT2D eigenvalue weighted by Crippen LogP contribution is -2.19. The summed E-state index contributed by atoms with van der Waals surface area (Å²) in [7, 11) is 0. The highest BCUT2D eigenvalue weighted by atomic mass is 19.1. The molecule has 0 saturated carbocycles. The van der Waals surface area contributed by atoms with E-state index in [0.29, 0.717) is 28.5 Å². The van der Waals surface area contributed by atoms with Gasteiger partial charge < -0.3 is 5.73 Å². The van der Waals surface area contributed by atoms with Crippen LogP contribution in [-0.4, -0.2) is 37.1 Å². The lowest BCUT2D eigenvalue weighted by molar-refractivity contribution is 0.0949. The maximum Gasteiger partial charge on any atom is 0.293 e. The van der Waals surface area contributed by atoms with Crippen LogP contribution in [-0.2, 0) is 6.54 Å². The van der Waals surface area contributed by atoms with Gasteiger partial charge in [0.25, 0.3) is 5.91 Å². The fourth-order valence-corrected chi connectivity index (χ4v) is 2.28. The molecule has 1 amide bonds. The quantitative estimate of drug-likeness (QED) is 0.515. The summed E-state index contributed by atoms with van der Waals surface area (Å²) in [6, 6.07) is 5.69. The number of nitrogens with zero attached hydrogens (tertiary/aromatic N) is 6. The van der Waals surface area contributed by atoms with Gasteiger partial charge in [0, 0.05) is 11.8 Å². The fourth-order valence-electron chi connectivity index (χ4n) is 2.28. The molecule has 1 aromatic carbocycles. The van der Waals surface area contributed by atoms with E-state index in [-0.39, 0.29) is 18.1 Å². The third kappa shape index (κ3) is 4.29. The van der Waals surface area contributed by atoms with Gasteiger partial charge in [-0.1, -0.05) is 17.3 Å². The van der Waals surface area contributed by atoms with Crippen LogP contribution >= 0.6 is 0 Å². The van der Waals surface area contributed by atoms with Crippen LogP contribution < -0.4 is 11.2 Å². The molecule has 0 saturated heterocycles. The van der Waals surface area contributed by atoms with Gasteiger partial charge in [-0.15, -0.1) is 5.10 Å². The van der Waals surface area contributed by atoms with E-state index in [9.17, 15) is 9.18 Å².